The van der Waals surface area contributed by atoms with E-state index < -0.39 is 54.0 Å². The molecule has 1 saturated carbocycles. The Morgan fingerprint density at radius 1 is 0.816 bits per heavy atom. The number of nitrogens with zero attached hydrogens (tertiary/aromatic N) is 2. The number of anilines is 2. The molecule has 1 fully saturated rings. The lowest BCUT2D eigenvalue weighted by Crippen LogP contribution is -2.34. The van der Waals surface area contributed by atoms with E-state index in [9.17, 15) is 49.4 Å². The highest BCUT2D eigenvalue weighted by Gasteiger charge is 2.37. The third kappa shape index (κ3) is 11.1. The minimum atomic E-state index is -5.06. The van der Waals surface area contributed by atoms with Crippen molar-refractivity contribution in [2.24, 2.45) is 11.8 Å². The van der Waals surface area contributed by atoms with Gasteiger partial charge in [0.05, 0.1) is 17.0 Å². The number of halogens is 10. The molecule has 5 nitrogen and oxygen atoms in total. The van der Waals surface area contributed by atoms with Gasteiger partial charge in [-0.3, -0.25) is 4.79 Å². The van der Waals surface area contributed by atoms with Crippen LogP contribution in [0, 0.1) is 18.8 Å². The van der Waals surface area contributed by atoms with Crippen LogP contribution in [-0.2, 0) is 30.2 Å². The molecule has 49 heavy (non-hydrogen) atoms. The topological polar surface area (TPSA) is 53.0 Å². The lowest BCUT2D eigenvalue weighted by Gasteiger charge is -2.34. The molecule has 0 bridgehead atoms. The minimum absolute atomic E-state index is 0. The fraction of sp³-hybridized carbons (Fsp3) is 0.441. The maximum atomic E-state index is 13.7. The predicted molar refractivity (Wildman–Crippen MR) is 169 cm³/mol. The first-order chi connectivity index (χ1) is 22.3. The monoisotopic (exact) mass is 726 g/mol. The van der Waals surface area contributed by atoms with E-state index in [1.54, 1.807) is 31.2 Å². The summed E-state index contributed by atoms with van der Waals surface area (Å²) < 4.78 is 126. The van der Waals surface area contributed by atoms with Crippen molar-refractivity contribution in [1.29, 1.82) is 0 Å². The van der Waals surface area contributed by atoms with Crippen LogP contribution >= 0.6 is 12.4 Å². The van der Waals surface area contributed by atoms with Gasteiger partial charge in [0.1, 0.15) is 5.75 Å². The Bertz CT molecular complexity index is 1540. The van der Waals surface area contributed by atoms with E-state index in [2.05, 4.69) is 4.74 Å². The van der Waals surface area contributed by atoms with Crippen LogP contribution in [0.25, 0.3) is 0 Å². The number of aliphatic carboxylic acids is 1. The van der Waals surface area contributed by atoms with E-state index in [0.717, 1.165) is 11.6 Å². The lowest BCUT2D eigenvalue weighted by molar-refractivity contribution is -0.274. The summed E-state index contributed by atoms with van der Waals surface area (Å²) in [7, 11) is 0. The van der Waals surface area contributed by atoms with Crippen molar-refractivity contribution in [2.45, 2.75) is 71.3 Å². The molecule has 0 amide bonds. The summed E-state index contributed by atoms with van der Waals surface area (Å²) in [4.78, 5) is 14.9. The number of ether oxygens (including phenoxy) is 1. The maximum Gasteiger partial charge on any atom is 0.573 e. The molecule has 0 saturated heterocycles. The Hall–Kier alpha value is -3.81. The third-order valence-corrected chi connectivity index (χ3v) is 8.43. The Kier molecular flexibility index (Phi) is 12.8. The zero-order valence-electron chi connectivity index (χ0n) is 26.6. The van der Waals surface area contributed by atoms with Crippen molar-refractivity contribution in [2.75, 3.05) is 22.9 Å². The maximum absolute atomic E-state index is 13.7. The summed E-state index contributed by atoms with van der Waals surface area (Å²) >= 11 is 0. The lowest BCUT2D eigenvalue weighted by atomic mass is 9.81. The minimum Gasteiger partial charge on any atom is -0.481 e. The van der Waals surface area contributed by atoms with Gasteiger partial charge in [-0.25, -0.2) is 0 Å². The predicted octanol–water partition coefficient (Wildman–Crippen LogP) is 10.3. The van der Waals surface area contributed by atoms with Crippen molar-refractivity contribution in [1.82, 2.24) is 0 Å². The Labute approximate surface area is 284 Å². The van der Waals surface area contributed by atoms with E-state index in [1.807, 2.05) is 11.8 Å². The summed E-state index contributed by atoms with van der Waals surface area (Å²) in [6, 6.07) is 11.8. The number of hydrogen-bond donors (Lipinski definition) is 1. The van der Waals surface area contributed by atoms with Gasteiger partial charge in [0, 0.05) is 37.6 Å². The number of alkyl halides is 9. The molecule has 0 aromatic heterocycles. The van der Waals surface area contributed by atoms with E-state index in [-0.39, 0.29) is 36.5 Å². The van der Waals surface area contributed by atoms with Gasteiger partial charge in [-0.05, 0) is 111 Å². The number of hydrogen-bond acceptors (Lipinski definition) is 4. The average molecular weight is 727 g/mol. The van der Waals surface area contributed by atoms with E-state index in [0.29, 0.717) is 67.8 Å². The third-order valence-electron chi connectivity index (χ3n) is 8.43. The highest BCUT2D eigenvalue weighted by atomic mass is 35.5. The van der Waals surface area contributed by atoms with Gasteiger partial charge in [0.25, 0.3) is 0 Å². The molecule has 1 N–H and O–H groups in total. The molecule has 4 rings (SSSR count). The summed E-state index contributed by atoms with van der Waals surface area (Å²) in [6.07, 6.45) is -12.9. The molecule has 1 aliphatic carbocycles. The van der Waals surface area contributed by atoms with Crippen LogP contribution < -0.4 is 14.5 Å². The van der Waals surface area contributed by atoms with Crippen molar-refractivity contribution in [3.63, 3.8) is 0 Å². The van der Waals surface area contributed by atoms with Crippen LogP contribution in [0.15, 0.2) is 60.7 Å². The van der Waals surface area contributed by atoms with Crippen molar-refractivity contribution < 1.29 is 54.2 Å². The van der Waals surface area contributed by atoms with Gasteiger partial charge < -0.3 is 19.6 Å². The molecular formula is C34H36ClF9N2O3. The second-order valence-electron chi connectivity index (χ2n) is 12.0. The Morgan fingerprint density at radius 2 is 1.43 bits per heavy atom. The molecule has 0 radical (unpaired) electrons. The number of aryl methyl sites for hydroxylation is 1. The van der Waals surface area contributed by atoms with Crippen LogP contribution in [0.5, 0.6) is 5.75 Å². The van der Waals surface area contributed by atoms with Crippen molar-refractivity contribution >= 4 is 29.8 Å². The fourth-order valence-corrected chi connectivity index (χ4v) is 6.10. The highest BCUT2D eigenvalue weighted by molar-refractivity contribution is 5.85. The first kappa shape index (κ1) is 39.6. The van der Waals surface area contributed by atoms with Crippen LogP contribution in [0.4, 0.5) is 50.9 Å². The number of rotatable bonds is 11. The van der Waals surface area contributed by atoms with Gasteiger partial charge in [-0.15, -0.1) is 25.6 Å². The summed E-state index contributed by atoms with van der Waals surface area (Å²) in [5, 5.41) is 9.37. The van der Waals surface area contributed by atoms with Gasteiger partial charge in [-0.2, -0.15) is 26.3 Å². The Morgan fingerprint density at radius 3 is 1.94 bits per heavy atom. The standard InChI is InChI=1S/C34H35F9N2O3.ClH/c1-3-44(18-22-7-9-24(10-8-22)31(46)47)30-12-11-29(48-34(41,42)43)16-25(30)20-45(28-6-4-5-21(2)13-28)19-23-14-26(32(35,36)37)17-27(15-23)33(38,39)40;/h4-6,11-17,22,24H,3,7-10,18-20H2,1-2H3,(H,46,47);1H. The van der Waals surface area contributed by atoms with Gasteiger partial charge in [0.15, 0.2) is 0 Å². The van der Waals surface area contributed by atoms with Crippen LogP contribution in [0.2, 0.25) is 0 Å². The number of carboxylic acid groups (broad SMARTS) is 1. The number of carbonyl (C=O) groups is 1. The average Bonchev–Trinajstić information content (AvgIpc) is 2.98. The first-order valence-corrected chi connectivity index (χ1v) is 15.3. The second-order valence-corrected chi connectivity index (χ2v) is 12.0. The summed E-state index contributed by atoms with van der Waals surface area (Å²) in [5.41, 5.74) is -1.30. The van der Waals surface area contributed by atoms with E-state index >= 15 is 0 Å². The van der Waals surface area contributed by atoms with Crippen molar-refractivity contribution in [3.05, 3.63) is 88.5 Å². The van der Waals surface area contributed by atoms with Gasteiger partial charge >= 0.3 is 24.7 Å². The molecule has 270 valence electrons. The van der Waals surface area contributed by atoms with Crippen LogP contribution in [0.1, 0.15) is 60.4 Å². The fourth-order valence-electron chi connectivity index (χ4n) is 6.10. The highest BCUT2D eigenvalue weighted by Crippen LogP contribution is 2.38. The van der Waals surface area contributed by atoms with E-state index in [4.69, 9.17) is 0 Å². The molecule has 3 aromatic rings. The zero-order valence-corrected chi connectivity index (χ0v) is 27.4. The molecule has 3 aromatic carbocycles. The first-order valence-electron chi connectivity index (χ1n) is 15.3. The van der Waals surface area contributed by atoms with Gasteiger partial charge in [-0.1, -0.05) is 12.1 Å². The molecule has 0 atom stereocenters. The number of benzene rings is 3. The zero-order chi connectivity index (χ0) is 35.4. The molecule has 15 heteroatoms. The molecular weight excluding hydrogens is 691 g/mol. The molecule has 1 aliphatic rings. The van der Waals surface area contributed by atoms with Crippen LogP contribution in [0.3, 0.4) is 0 Å². The largest absolute Gasteiger partial charge is 0.573 e. The van der Waals surface area contributed by atoms with Crippen molar-refractivity contribution in [3.8, 4) is 5.75 Å². The molecule has 0 aliphatic heterocycles. The smallest absolute Gasteiger partial charge is 0.481 e. The SMILES string of the molecule is CCN(CC1CCC(C(=O)O)CC1)c1ccc(OC(F)(F)F)cc1CN(Cc1cc(C(F)(F)F)cc(C(F)(F)F)c1)c1cccc(C)c1.Cl. The van der Waals surface area contributed by atoms with Crippen LogP contribution in [-0.4, -0.2) is 30.5 Å². The summed E-state index contributed by atoms with van der Waals surface area (Å²) in [5.74, 6) is -1.75. The summed E-state index contributed by atoms with van der Waals surface area (Å²) in [6.45, 7) is 3.82. The van der Waals surface area contributed by atoms with Gasteiger partial charge in [0.2, 0.25) is 0 Å². The second kappa shape index (κ2) is 15.8. The molecule has 0 spiro atoms. The van der Waals surface area contributed by atoms with E-state index in [1.165, 1.54) is 17.0 Å². The molecule has 0 heterocycles. The quantitative estimate of drug-likeness (QED) is 0.199. The Balaban J connectivity index is 0.00000650. The normalized spacial score (nSPS) is 16.9. The number of carboxylic acids is 1. The molecule has 0 unspecified atom stereocenters.